The number of rotatable bonds is 6. The Kier molecular flexibility index (Phi) is 5.82. The van der Waals surface area contributed by atoms with Gasteiger partial charge in [-0.05, 0) is 48.4 Å². The monoisotopic (exact) mass is 451 g/mol. The molecular formula is C27H25N5O2. The molecule has 0 bridgehead atoms. The highest BCUT2D eigenvalue weighted by Gasteiger charge is 2.22. The SMILES string of the molecule is CCc1ccc(-c2nn(-c3ccccc3)cc2C(=O)Nc2ccc(N3CCNC3=O)cc2)cc1. The van der Waals surface area contributed by atoms with Crippen molar-refractivity contribution >= 4 is 23.3 Å². The minimum absolute atomic E-state index is 0.108. The van der Waals surface area contributed by atoms with Gasteiger partial charge in [0.1, 0.15) is 5.69 Å². The van der Waals surface area contributed by atoms with Crippen LogP contribution in [0.3, 0.4) is 0 Å². The molecule has 0 radical (unpaired) electrons. The van der Waals surface area contributed by atoms with Crippen LogP contribution in [0.25, 0.3) is 16.9 Å². The number of hydrogen-bond donors (Lipinski definition) is 2. The lowest BCUT2D eigenvalue weighted by molar-refractivity contribution is 0.102. The Labute approximate surface area is 198 Å². The molecule has 1 aliphatic rings. The highest BCUT2D eigenvalue weighted by atomic mass is 16.2. The van der Waals surface area contributed by atoms with Gasteiger partial charge in [-0.3, -0.25) is 9.69 Å². The van der Waals surface area contributed by atoms with Crippen molar-refractivity contribution in [1.82, 2.24) is 15.1 Å². The summed E-state index contributed by atoms with van der Waals surface area (Å²) in [6.07, 6.45) is 2.71. The third kappa shape index (κ3) is 4.28. The molecule has 170 valence electrons. The lowest BCUT2D eigenvalue weighted by Gasteiger charge is -2.14. The van der Waals surface area contributed by atoms with Gasteiger partial charge in [-0.1, -0.05) is 49.4 Å². The molecule has 1 aromatic heterocycles. The van der Waals surface area contributed by atoms with Crippen LogP contribution >= 0.6 is 0 Å². The van der Waals surface area contributed by atoms with Crippen LogP contribution in [0.4, 0.5) is 16.2 Å². The molecule has 0 saturated carbocycles. The van der Waals surface area contributed by atoms with Crippen LogP contribution in [0.15, 0.2) is 85.1 Å². The van der Waals surface area contributed by atoms with Crippen LogP contribution in [-0.4, -0.2) is 34.8 Å². The fourth-order valence-corrected chi connectivity index (χ4v) is 4.01. The molecule has 34 heavy (non-hydrogen) atoms. The van der Waals surface area contributed by atoms with Crippen molar-refractivity contribution in [2.45, 2.75) is 13.3 Å². The second-order valence-electron chi connectivity index (χ2n) is 8.11. The summed E-state index contributed by atoms with van der Waals surface area (Å²) in [5.41, 5.74) is 5.53. The molecule has 0 spiro atoms. The lowest BCUT2D eigenvalue weighted by atomic mass is 10.0. The van der Waals surface area contributed by atoms with Crippen LogP contribution in [-0.2, 0) is 6.42 Å². The van der Waals surface area contributed by atoms with Gasteiger partial charge in [0, 0.05) is 36.2 Å². The summed E-state index contributed by atoms with van der Waals surface area (Å²) in [6.45, 7) is 3.37. The maximum atomic E-state index is 13.3. The molecule has 1 fully saturated rings. The van der Waals surface area contributed by atoms with Gasteiger partial charge >= 0.3 is 6.03 Å². The fourth-order valence-electron chi connectivity index (χ4n) is 4.01. The van der Waals surface area contributed by atoms with Crippen LogP contribution in [0.1, 0.15) is 22.8 Å². The maximum Gasteiger partial charge on any atom is 0.321 e. The summed E-state index contributed by atoms with van der Waals surface area (Å²) in [5, 5.41) is 10.5. The largest absolute Gasteiger partial charge is 0.336 e. The average Bonchev–Trinajstić information content (AvgIpc) is 3.52. The molecule has 2 heterocycles. The maximum absolute atomic E-state index is 13.3. The first-order valence-corrected chi connectivity index (χ1v) is 11.3. The number of urea groups is 1. The summed E-state index contributed by atoms with van der Waals surface area (Å²) >= 11 is 0. The molecule has 4 aromatic rings. The predicted octanol–water partition coefficient (Wildman–Crippen LogP) is 4.88. The van der Waals surface area contributed by atoms with E-state index >= 15 is 0 Å². The van der Waals surface area contributed by atoms with Gasteiger partial charge in [0.25, 0.3) is 5.91 Å². The summed E-state index contributed by atoms with van der Waals surface area (Å²) in [4.78, 5) is 26.9. The fraction of sp³-hybridized carbons (Fsp3) is 0.148. The number of benzene rings is 3. The van der Waals surface area contributed by atoms with Gasteiger partial charge in [0.05, 0.1) is 11.3 Å². The van der Waals surface area contributed by atoms with E-state index in [1.54, 1.807) is 27.9 Å². The van der Waals surface area contributed by atoms with Gasteiger partial charge in [-0.15, -0.1) is 0 Å². The Bertz CT molecular complexity index is 1310. The normalized spacial score (nSPS) is 13.1. The minimum atomic E-state index is -0.247. The second-order valence-corrected chi connectivity index (χ2v) is 8.11. The Morgan fingerprint density at radius 3 is 2.35 bits per heavy atom. The molecule has 7 nitrogen and oxygen atoms in total. The van der Waals surface area contributed by atoms with Crippen molar-refractivity contribution in [2.24, 2.45) is 0 Å². The molecular weight excluding hydrogens is 426 g/mol. The van der Waals surface area contributed by atoms with Crippen LogP contribution in [0.5, 0.6) is 0 Å². The zero-order chi connectivity index (χ0) is 23.5. The average molecular weight is 452 g/mol. The van der Waals surface area contributed by atoms with E-state index in [4.69, 9.17) is 5.10 Å². The number of hydrogen-bond acceptors (Lipinski definition) is 3. The summed E-state index contributed by atoms with van der Waals surface area (Å²) in [7, 11) is 0. The molecule has 3 amide bonds. The van der Waals surface area contributed by atoms with Gasteiger partial charge in [0.15, 0.2) is 0 Å². The molecule has 5 rings (SSSR count). The van der Waals surface area contributed by atoms with Crippen LogP contribution in [0, 0.1) is 0 Å². The zero-order valence-corrected chi connectivity index (χ0v) is 18.9. The topological polar surface area (TPSA) is 79.3 Å². The first kappa shape index (κ1) is 21.5. The molecule has 0 unspecified atom stereocenters. The number of amides is 3. The van der Waals surface area contributed by atoms with E-state index in [0.29, 0.717) is 30.0 Å². The highest BCUT2D eigenvalue weighted by molar-refractivity contribution is 6.08. The number of nitrogens with one attached hydrogen (secondary N) is 2. The highest BCUT2D eigenvalue weighted by Crippen LogP contribution is 2.26. The second kappa shape index (κ2) is 9.23. The molecule has 1 aliphatic heterocycles. The number of anilines is 2. The Hall–Kier alpha value is -4.39. The van der Waals surface area contributed by atoms with Crippen molar-refractivity contribution in [2.75, 3.05) is 23.3 Å². The molecule has 2 N–H and O–H groups in total. The van der Waals surface area contributed by atoms with Gasteiger partial charge in [-0.2, -0.15) is 5.10 Å². The van der Waals surface area contributed by atoms with E-state index in [0.717, 1.165) is 23.4 Å². The standard InChI is InChI=1S/C27H25N5O2/c1-2-19-8-10-20(11-9-19)25-24(18-32(30-25)23-6-4-3-5-7-23)26(33)29-21-12-14-22(15-13-21)31-17-16-28-27(31)34/h3-15,18H,2,16-17H2,1H3,(H,28,34)(H,29,33). The van der Waals surface area contributed by atoms with Crippen molar-refractivity contribution in [3.63, 3.8) is 0 Å². The number of carbonyl (C=O) groups is 2. The van der Waals surface area contributed by atoms with E-state index in [9.17, 15) is 9.59 Å². The summed E-state index contributed by atoms with van der Waals surface area (Å²) in [5.74, 6) is -0.247. The number of aromatic nitrogens is 2. The van der Waals surface area contributed by atoms with Crippen molar-refractivity contribution < 1.29 is 9.59 Å². The zero-order valence-electron chi connectivity index (χ0n) is 18.9. The van der Waals surface area contributed by atoms with Gasteiger partial charge < -0.3 is 10.6 Å². The summed E-state index contributed by atoms with van der Waals surface area (Å²) in [6, 6.07) is 25.0. The minimum Gasteiger partial charge on any atom is -0.336 e. The Balaban J connectivity index is 1.44. The van der Waals surface area contributed by atoms with Crippen molar-refractivity contribution in [1.29, 1.82) is 0 Å². The van der Waals surface area contributed by atoms with E-state index in [1.807, 2.05) is 54.6 Å². The number of para-hydroxylation sites is 1. The number of aryl methyl sites for hydroxylation is 1. The smallest absolute Gasteiger partial charge is 0.321 e. The number of carbonyl (C=O) groups excluding carboxylic acids is 2. The molecule has 7 heteroatoms. The van der Waals surface area contributed by atoms with Gasteiger partial charge in [-0.25, -0.2) is 9.48 Å². The van der Waals surface area contributed by atoms with E-state index in [1.165, 1.54) is 5.56 Å². The number of nitrogens with zero attached hydrogens (tertiary/aromatic N) is 3. The van der Waals surface area contributed by atoms with Crippen molar-refractivity contribution in [3.05, 3.63) is 96.2 Å². The van der Waals surface area contributed by atoms with E-state index in [-0.39, 0.29) is 11.9 Å². The molecule has 3 aromatic carbocycles. The van der Waals surface area contributed by atoms with E-state index < -0.39 is 0 Å². The molecule has 0 aliphatic carbocycles. The first-order valence-electron chi connectivity index (χ1n) is 11.3. The first-order chi connectivity index (χ1) is 16.6. The van der Waals surface area contributed by atoms with Crippen LogP contribution in [0.2, 0.25) is 0 Å². The van der Waals surface area contributed by atoms with Crippen molar-refractivity contribution in [3.8, 4) is 16.9 Å². The lowest BCUT2D eigenvalue weighted by Crippen LogP contribution is -2.27. The van der Waals surface area contributed by atoms with E-state index in [2.05, 4.69) is 29.7 Å². The Morgan fingerprint density at radius 2 is 1.71 bits per heavy atom. The quantitative estimate of drug-likeness (QED) is 0.438. The predicted molar refractivity (Wildman–Crippen MR) is 134 cm³/mol. The van der Waals surface area contributed by atoms with Gasteiger partial charge in [0.2, 0.25) is 0 Å². The molecule has 0 atom stereocenters. The third-order valence-electron chi connectivity index (χ3n) is 5.91. The Morgan fingerprint density at radius 1 is 0.971 bits per heavy atom. The van der Waals surface area contributed by atoms with Crippen LogP contribution < -0.4 is 15.5 Å². The summed E-state index contributed by atoms with van der Waals surface area (Å²) < 4.78 is 1.73. The molecule has 1 saturated heterocycles. The third-order valence-corrected chi connectivity index (χ3v) is 5.91.